The van der Waals surface area contributed by atoms with Crippen LogP contribution >= 0.6 is 0 Å². The smallest absolute Gasteiger partial charge is 0.244 e. The van der Waals surface area contributed by atoms with Gasteiger partial charge in [-0.3, -0.25) is 4.79 Å². The van der Waals surface area contributed by atoms with E-state index in [2.05, 4.69) is 10.3 Å². The maximum absolute atomic E-state index is 14.0. The van der Waals surface area contributed by atoms with Gasteiger partial charge >= 0.3 is 0 Å². The first-order valence-corrected chi connectivity index (χ1v) is 8.33. The standard InChI is InChI=1S/C21H21FN2O/c1-14-8-10-18(22)21-20(14)17(15(2)24-21)12-13-23-19(25)11-9-16-6-4-3-5-7-16/h3-11,24H,12-13H2,1-2H3,(H,23,25). The van der Waals surface area contributed by atoms with Crippen molar-refractivity contribution in [3.63, 3.8) is 0 Å². The number of aromatic nitrogens is 1. The second kappa shape index (κ2) is 7.34. The monoisotopic (exact) mass is 336 g/mol. The van der Waals surface area contributed by atoms with Crippen molar-refractivity contribution >= 4 is 22.9 Å². The second-order valence-electron chi connectivity index (χ2n) is 6.13. The maximum atomic E-state index is 14.0. The predicted octanol–water partition coefficient (Wildman–Crippen LogP) is 4.30. The molecular weight excluding hydrogens is 315 g/mol. The molecule has 1 aromatic heterocycles. The Labute approximate surface area is 146 Å². The lowest BCUT2D eigenvalue weighted by molar-refractivity contribution is -0.116. The molecule has 2 N–H and O–H groups in total. The quantitative estimate of drug-likeness (QED) is 0.671. The average molecular weight is 336 g/mol. The Kier molecular flexibility index (Phi) is 4.98. The van der Waals surface area contributed by atoms with Crippen molar-refractivity contribution in [3.8, 4) is 0 Å². The van der Waals surface area contributed by atoms with Gasteiger partial charge in [-0.2, -0.15) is 0 Å². The largest absolute Gasteiger partial charge is 0.356 e. The zero-order valence-electron chi connectivity index (χ0n) is 14.4. The minimum absolute atomic E-state index is 0.135. The van der Waals surface area contributed by atoms with Gasteiger partial charge in [-0.15, -0.1) is 0 Å². The number of rotatable bonds is 5. The highest BCUT2D eigenvalue weighted by Crippen LogP contribution is 2.27. The van der Waals surface area contributed by atoms with Gasteiger partial charge in [0.05, 0.1) is 5.52 Å². The van der Waals surface area contributed by atoms with Crippen LogP contribution in [0.25, 0.3) is 17.0 Å². The van der Waals surface area contributed by atoms with E-state index < -0.39 is 0 Å². The number of nitrogens with one attached hydrogen (secondary N) is 2. The molecular formula is C21H21FN2O. The number of carbonyl (C=O) groups excluding carboxylic acids is 1. The van der Waals surface area contributed by atoms with Gasteiger partial charge in [0.1, 0.15) is 5.82 Å². The minimum Gasteiger partial charge on any atom is -0.356 e. The first kappa shape index (κ1) is 17.0. The Balaban J connectivity index is 1.65. The third-order valence-electron chi connectivity index (χ3n) is 4.33. The molecule has 0 saturated carbocycles. The van der Waals surface area contributed by atoms with Crippen LogP contribution in [0.3, 0.4) is 0 Å². The molecule has 0 bridgehead atoms. The van der Waals surface area contributed by atoms with Crippen LogP contribution in [0.1, 0.15) is 22.4 Å². The molecule has 3 nitrogen and oxygen atoms in total. The number of benzene rings is 2. The topological polar surface area (TPSA) is 44.9 Å². The van der Waals surface area contributed by atoms with Crippen LogP contribution in [0.5, 0.6) is 0 Å². The zero-order valence-corrected chi connectivity index (χ0v) is 14.4. The van der Waals surface area contributed by atoms with Crippen molar-refractivity contribution in [1.29, 1.82) is 0 Å². The van der Waals surface area contributed by atoms with Gasteiger partial charge in [-0.05, 0) is 49.1 Å². The molecule has 0 atom stereocenters. The number of hydrogen-bond donors (Lipinski definition) is 2. The van der Waals surface area contributed by atoms with E-state index in [1.807, 2.05) is 44.2 Å². The zero-order chi connectivity index (χ0) is 17.8. The van der Waals surface area contributed by atoms with E-state index in [0.717, 1.165) is 27.8 Å². The van der Waals surface area contributed by atoms with Crippen LogP contribution in [-0.2, 0) is 11.2 Å². The SMILES string of the molecule is Cc1[nH]c2c(F)ccc(C)c2c1CCNC(=O)C=Cc1ccccc1. The Hall–Kier alpha value is -2.88. The fourth-order valence-electron chi connectivity index (χ4n) is 3.06. The predicted molar refractivity (Wildman–Crippen MR) is 99.9 cm³/mol. The highest BCUT2D eigenvalue weighted by molar-refractivity contribution is 5.92. The Morgan fingerprint density at radius 2 is 1.92 bits per heavy atom. The lowest BCUT2D eigenvalue weighted by atomic mass is 10.0. The molecule has 1 amide bonds. The summed E-state index contributed by atoms with van der Waals surface area (Å²) in [4.78, 5) is 15.1. The molecule has 0 saturated heterocycles. The number of carbonyl (C=O) groups is 1. The molecule has 0 unspecified atom stereocenters. The number of H-pyrrole nitrogens is 1. The van der Waals surface area contributed by atoms with Crippen LogP contribution < -0.4 is 5.32 Å². The molecule has 0 fully saturated rings. The van der Waals surface area contributed by atoms with Gasteiger partial charge in [0, 0.05) is 23.7 Å². The number of amides is 1. The van der Waals surface area contributed by atoms with Crippen LogP contribution in [0.15, 0.2) is 48.5 Å². The molecule has 25 heavy (non-hydrogen) atoms. The van der Waals surface area contributed by atoms with Crippen molar-refractivity contribution in [1.82, 2.24) is 10.3 Å². The third-order valence-corrected chi connectivity index (χ3v) is 4.33. The summed E-state index contributed by atoms with van der Waals surface area (Å²) in [5.74, 6) is -0.381. The highest BCUT2D eigenvalue weighted by Gasteiger charge is 2.13. The molecule has 0 aliphatic heterocycles. The van der Waals surface area contributed by atoms with Gasteiger partial charge < -0.3 is 10.3 Å². The highest BCUT2D eigenvalue weighted by atomic mass is 19.1. The average Bonchev–Trinajstić information content (AvgIpc) is 2.95. The first-order chi connectivity index (χ1) is 12.1. The van der Waals surface area contributed by atoms with Gasteiger partial charge in [0.2, 0.25) is 5.91 Å². The number of aryl methyl sites for hydroxylation is 2. The molecule has 0 aliphatic carbocycles. The summed E-state index contributed by atoms with van der Waals surface area (Å²) >= 11 is 0. The van der Waals surface area contributed by atoms with E-state index in [-0.39, 0.29) is 11.7 Å². The van der Waals surface area contributed by atoms with Gasteiger partial charge in [-0.1, -0.05) is 36.4 Å². The van der Waals surface area contributed by atoms with Crippen molar-refractivity contribution in [2.24, 2.45) is 0 Å². The summed E-state index contributed by atoms with van der Waals surface area (Å²) in [5.41, 5.74) is 4.56. The normalized spacial score (nSPS) is 11.3. The van der Waals surface area contributed by atoms with Crippen molar-refractivity contribution < 1.29 is 9.18 Å². The Morgan fingerprint density at radius 3 is 2.68 bits per heavy atom. The van der Waals surface area contributed by atoms with E-state index >= 15 is 0 Å². The molecule has 128 valence electrons. The third kappa shape index (κ3) is 3.79. The van der Waals surface area contributed by atoms with Crippen LogP contribution in [0.2, 0.25) is 0 Å². The molecule has 1 heterocycles. The Morgan fingerprint density at radius 1 is 1.16 bits per heavy atom. The minimum atomic E-state index is -0.246. The summed E-state index contributed by atoms with van der Waals surface area (Å²) in [6, 6.07) is 12.9. The summed E-state index contributed by atoms with van der Waals surface area (Å²) in [6.07, 6.45) is 3.97. The lowest BCUT2D eigenvalue weighted by Gasteiger charge is -2.05. The number of aromatic amines is 1. The number of hydrogen-bond acceptors (Lipinski definition) is 1. The van der Waals surface area contributed by atoms with Crippen molar-refractivity contribution in [2.75, 3.05) is 6.54 Å². The van der Waals surface area contributed by atoms with E-state index in [4.69, 9.17) is 0 Å². The molecule has 0 radical (unpaired) electrons. The molecule has 0 spiro atoms. The molecule has 2 aromatic carbocycles. The summed E-state index contributed by atoms with van der Waals surface area (Å²) in [5, 5.41) is 3.81. The summed E-state index contributed by atoms with van der Waals surface area (Å²) < 4.78 is 14.0. The van der Waals surface area contributed by atoms with Crippen molar-refractivity contribution in [2.45, 2.75) is 20.3 Å². The fourth-order valence-corrected chi connectivity index (χ4v) is 3.06. The van der Waals surface area contributed by atoms with E-state index in [1.54, 1.807) is 12.1 Å². The molecule has 3 aromatic rings. The van der Waals surface area contributed by atoms with Gasteiger partial charge in [-0.25, -0.2) is 4.39 Å². The fraction of sp³-hybridized carbons (Fsp3) is 0.190. The molecule has 0 aliphatic rings. The van der Waals surface area contributed by atoms with Gasteiger partial charge in [0.25, 0.3) is 0 Å². The lowest BCUT2D eigenvalue weighted by Crippen LogP contribution is -2.23. The van der Waals surface area contributed by atoms with E-state index in [0.29, 0.717) is 18.5 Å². The Bertz CT molecular complexity index is 926. The van der Waals surface area contributed by atoms with Crippen molar-refractivity contribution in [3.05, 3.63) is 76.7 Å². The maximum Gasteiger partial charge on any atom is 0.244 e. The number of halogens is 1. The molecule has 3 rings (SSSR count). The number of fused-ring (bicyclic) bond motifs is 1. The van der Waals surface area contributed by atoms with Gasteiger partial charge in [0.15, 0.2) is 0 Å². The summed E-state index contributed by atoms with van der Waals surface area (Å²) in [7, 11) is 0. The van der Waals surface area contributed by atoms with E-state index in [1.165, 1.54) is 12.1 Å². The second-order valence-corrected chi connectivity index (χ2v) is 6.13. The molecule has 4 heteroatoms. The van der Waals surface area contributed by atoms with Crippen LogP contribution in [0, 0.1) is 19.7 Å². The van der Waals surface area contributed by atoms with Crippen LogP contribution in [0.4, 0.5) is 4.39 Å². The van der Waals surface area contributed by atoms with Crippen LogP contribution in [-0.4, -0.2) is 17.4 Å². The first-order valence-electron chi connectivity index (χ1n) is 8.33. The summed E-state index contributed by atoms with van der Waals surface area (Å²) in [6.45, 7) is 4.41. The van der Waals surface area contributed by atoms with E-state index in [9.17, 15) is 9.18 Å².